The fraction of sp³-hybridized carbons (Fsp3) is 0.417. The van der Waals surface area contributed by atoms with E-state index in [0.717, 1.165) is 12.3 Å². The second kappa shape index (κ2) is 8.39. The van der Waals surface area contributed by atoms with E-state index in [1.54, 1.807) is 11.8 Å². The summed E-state index contributed by atoms with van der Waals surface area (Å²) in [6, 6.07) is 10.2. The predicted molar refractivity (Wildman–Crippen MR) is 71.7 cm³/mol. The Morgan fingerprint density at radius 3 is 2.82 bits per heavy atom. The maximum atomic E-state index is 11.0. The zero-order valence-corrected chi connectivity index (χ0v) is 11.3. The van der Waals surface area contributed by atoms with E-state index in [4.69, 9.17) is 11.6 Å². The van der Waals surface area contributed by atoms with Gasteiger partial charge in [-0.1, -0.05) is 18.2 Å². The minimum atomic E-state index is -0.610. The number of hydrogen-bond acceptors (Lipinski definition) is 4. The van der Waals surface area contributed by atoms with E-state index in [9.17, 15) is 4.79 Å². The van der Waals surface area contributed by atoms with Gasteiger partial charge < -0.3 is 10.1 Å². The quantitative estimate of drug-likeness (QED) is 0.358. The first-order chi connectivity index (χ1) is 8.24. The number of carbonyl (C=O) groups is 1. The van der Waals surface area contributed by atoms with Crippen molar-refractivity contribution >= 4 is 29.3 Å². The molecule has 0 fully saturated rings. The number of carbonyl (C=O) groups excluding carboxylic acids is 1. The molecule has 0 aromatic heterocycles. The van der Waals surface area contributed by atoms with Crippen LogP contribution in [0.1, 0.15) is 0 Å². The van der Waals surface area contributed by atoms with Crippen molar-refractivity contribution in [2.75, 3.05) is 26.0 Å². The van der Waals surface area contributed by atoms with Crippen LogP contribution in [-0.2, 0) is 9.53 Å². The van der Waals surface area contributed by atoms with Crippen LogP contribution in [0.15, 0.2) is 35.2 Å². The molecule has 17 heavy (non-hydrogen) atoms. The summed E-state index contributed by atoms with van der Waals surface area (Å²) in [6.45, 7) is 1.24. The molecule has 1 rings (SSSR count). The Hall–Kier alpha value is -0.710. The highest BCUT2D eigenvalue weighted by Gasteiger charge is 2.14. The van der Waals surface area contributed by atoms with Gasteiger partial charge in [-0.3, -0.25) is 4.79 Å². The van der Waals surface area contributed by atoms with E-state index >= 15 is 0 Å². The number of ether oxygens (including phenoxy) is 1. The van der Waals surface area contributed by atoms with Gasteiger partial charge in [0.1, 0.15) is 5.38 Å². The third kappa shape index (κ3) is 5.96. The van der Waals surface area contributed by atoms with Crippen LogP contribution in [0.25, 0.3) is 0 Å². The Bertz CT molecular complexity index is 335. The van der Waals surface area contributed by atoms with Gasteiger partial charge in [-0.05, 0) is 12.1 Å². The van der Waals surface area contributed by atoms with Crippen LogP contribution in [0, 0.1) is 0 Å². The molecule has 94 valence electrons. The fourth-order valence-corrected chi connectivity index (χ4v) is 2.23. The molecule has 0 aliphatic heterocycles. The van der Waals surface area contributed by atoms with Gasteiger partial charge in [0, 0.05) is 23.7 Å². The predicted octanol–water partition coefficient (Wildman–Crippen LogP) is 2.15. The number of rotatable bonds is 7. The Labute approximate surface area is 111 Å². The highest BCUT2D eigenvalue weighted by Crippen LogP contribution is 2.15. The summed E-state index contributed by atoms with van der Waals surface area (Å²) in [5, 5.41) is 2.51. The molecule has 1 atom stereocenters. The van der Waals surface area contributed by atoms with Gasteiger partial charge in [0.15, 0.2) is 0 Å². The maximum Gasteiger partial charge on any atom is 0.325 e. The lowest BCUT2D eigenvalue weighted by molar-refractivity contribution is -0.140. The molecular formula is C12H16ClNO2S. The van der Waals surface area contributed by atoms with Crippen molar-refractivity contribution in [3.8, 4) is 0 Å². The minimum Gasteiger partial charge on any atom is -0.468 e. The van der Waals surface area contributed by atoms with E-state index in [-0.39, 0.29) is 0 Å². The molecule has 0 saturated carbocycles. The van der Waals surface area contributed by atoms with Crippen LogP contribution >= 0.6 is 23.4 Å². The molecule has 0 amide bonds. The molecule has 0 saturated heterocycles. The number of alkyl halides is 1. The molecule has 0 aliphatic rings. The second-order valence-electron chi connectivity index (χ2n) is 3.36. The summed E-state index contributed by atoms with van der Waals surface area (Å²) < 4.78 is 4.52. The van der Waals surface area contributed by atoms with Gasteiger partial charge in [0.05, 0.1) is 7.11 Å². The van der Waals surface area contributed by atoms with Crippen LogP contribution in [0.4, 0.5) is 0 Å². The van der Waals surface area contributed by atoms with Gasteiger partial charge in [0.2, 0.25) is 0 Å². The monoisotopic (exact) mass is 273 g/mol. The Balaban J connectivity index is 2.07. The standard InChI is InChI=1S/C12H16ClNO2S/c1-16-12(15)11(13)9-14-7-8-17-10-5-3-2-4-6-10/h2-6,11,14H,7-9H2,1H3. The molecule has 0 aliphatic carbocycles. The van der Waals surface area contributed by atoms with Crippen molar-refractivity contribution in [2.45, 2.75) is 10.3 Å². The van der Waals surface area contributed by atoms with Crippen LogP contribution < -0.4 is 5.32 Å². The van der Waals surface area contributed by atoms with Crippen molar-refractivity contribution in [2.24, 2.45) is 0 Å². The van der Waals surface area contributed by atoms with Gasteiger partial charge >= 0.3 is 5.97 Å². The normalized spacial score (nSPS) is 12.1. The lowest BCUT2D eigenvalue weighted by atomic mass is 10.4. The summed E-state index contributed by atoms with van der Waals surface area (Å²) in [5.41, 5.74) is 0. The van der Waals surface area contributed by atoms with Crippen molar-refractivity contribution in [1.82, 2.24) is 5.32 Å². The van der Waals surface area contributed by atoms with Crippen molar-refractivity contribution in [3.63, 3.8) is 0 Å². The highest BCUT2D eigenvalue weighted by atomic mass is 35.5. The molecule has 1 aromatic rings. The third-order valence-corrected chi connectivity index (χ3v) is 3.42. The van der Waals surface area contributed by atoms with Crippen molar-refractivity contribution < 1.29 is 9.53 Å². The molecular weight excluding hydrogens is 258 g/mol. The van der Waals surface area contributed by atoms with Gasteiger partial charge in [-0.25, -0.2) is 0 Å². The summed E-state index contributed by atoms with van der Waals surface area (Å²) in [6.07, 6.45) is 0. The summed E-state index contributed by atoms with van der Waals surface area (Å²) in [5.74, 6) is 0.546. The first-order valence-corrected chi connectivity index (χ1v) is 6.76. The summed E-state index contributed by atoms with van der Waals surface area (Å²) in [4.78, 5) is 12.2. The average molecular weight is 274 g/mol. The molecule has 0 heterocycles. The van der Waals surface area contributed by atoms with Crippen molar-refractivity contribution in [1.29, 1.82) is 0 Å². The zero-order valence-electron chi connectivity index (χ0n) is 9.69. The molecule has 3 nitrogen and oxygen atoms in total. The lowest BCUT2D eigenvalue weighted by Gasteiger charge is -2.08. The molecule has 1 aromatic carbocycles. The molecule has 0 spiro atoms. The smallest absolute Gasteiger partial charge is 0.325 e. The number of thioether (sulfide) groups is 1. The average Bonchev–Trinajstić information content (AvgIpc) is 2.38. The van der Waals surface area contributed by atoms with Crippen LogP contribution in [0.2, 0.25) is 0 Å². The molecule has 5 heteroatoms. The van der Waals surface area contributed by atoms with Crippen LogP contribution in [0.3, 0.4) is 0 Å². The first kappa shape index (κ1) is 14.4. The maximum absolute atomic E-state index is 11.0. The van der Waals surface area contributed by atoms with E-state index in [1.165, 1.54) is 12.0 Å². The van der Waals surface area contributed by atoms with E-state index in [2.05, 4.69) is 22.2 Å². The number of halogens is 1. The highest BCUT2D eigenvalue weighted by molar-refractivity contribution is 7.99. The van der Waals surface area contributed by atoms with E-state index < -0.39 is 11.3 Å². The summed E-state index contributed by atoms with van der Waals surface area (Å²) >= 11 is 7.55. The molecule has 0 radical (unpaired) electrons. The lowest BCUT2D eigenvalue weighted by Crippen LogP contribution is -2.31. The number of esters is 1. The zero-order chi connectivity index (χ0) is 12.5. The minimum absolute atomic E-state index is 0.394. The fourth-order valence-electron chi connectivity index (χ4n) is 1.20. The Morgan fingerprint density at radius 1 is 1.47 bits per heavy atom. The van der Waals surface area contributed by atoms with Crippen molar-refractivity contribution in [3.05, 3.63) is 30.3 Å². The summed E-state index contributed by atoms with van der Waals surface area (Å²) in [7, 11) is 1.34. The van der Waals surface area contributed by atoms with Crippen LogP contribution in [-0.4, -0.2) is 37.3 Å². The molecule has 1 N–H and O–H groups in total. The number of methoxy groups -OCH3 is 1. The van der Waals surface area contributed by atoms with Gasteiger partial charge in [-0.15, -0.1) is 23.4 Å². The largest absolute Gasteiger partial charge is 0.468 e. The number of nitrogens with one attached hydrogen (secondary N) is 1. The number of benzene rings is 1. The van der Waals surface area contributed by atoms with Gasteiger partial charge in [0.25, 0.3) is 0 Å². The molecule has 0 bridgehead atoms. The Morgan fingerprint density at radius 2 is 2.18 bits per heavy atom. The van der Waals surface area contributed by atoms with E-state index in [0.29, 0.717) is 6.54 Å². The SMILES string of the molecule is COC(=O)C(Cl)CNCCSc1ccccc1. The third-order valence-electron chi connectivity index (χ3n) is 2.07. The van der Waals surface area contributed by atoms with E-state index in [1.807, 2.05) is 18.2 Å². The molecule has 1 unspecified atom stereocenters. The van der Waals surface area contributed by atoms with Gasteiger partial charge in [-0.2, -0.15) is 0 Å². The number of hydrogen-bond donors (Lipinski definition) is 1. The Kier molecular flexibility index (Phi) is 7.08. The van der Waals surface area contributed by atoms with Crippen LogP contribution in [0.5, 0.6) is 0 Å². The first-order valence-electron chi connectivity index (χ1n) is 5.34. The second-order valence-corrected chi connectivity index (χ2v) is 5.05. The topological polar surface area (TPSA) is 38.3 Å².